The van der Waals surface area contributed by atoms with Crippen LogP contribution >= 0.6 is 0 Å². The van der Waals surface area contributed by atoms with Crippen LogP contribution in [0.4, 0.5) is 0 Å². The molecule has 1 aliphatic rings. The van der Waals surface area contributed by atoms with Gasteiger partial charge in [-0.25, -0.2) is 0 Å². The summed E-state index contributed by atoms with van der Waals surface area (Å²) in [5.74, 6) is -0.322. The molecule has 0 radical (unpaired) electrons. The molecule has 0 aliphatic carbocycles. The zero-order valence-corrected chi connectivity index (χ0v) is 15.1. The average Bonchev–Trinajstić information content (AvgIpc) is 3.27. The summed E-state index contributed by atoms with van der Waals surface area (Å²) in [5.41, 5.74) is 2.74. The molecule has 2 heterocycles. The number of amides is 2. The number of rotatable bonds is 6. The molecular formula is C19H24N4O3. The summed E-state index contributed by atoms with van der Waals surface area (Å²) in [5, 5.41) is 9.94. The summed E-state index contributed by atoms with van der Waals surface area (Å²) in [6.45, 7) is 3.48. The molecule has 26 heavy (non-hydrogen) atoms. The SMILES string of the molecule is Cc1cc(C(=O)NCc2cccc(C(=O)NC[C@H]3CCCO3)c2)n(C)n1. The van der Waals surface area contributed by atoms with Crippen molar-refractivity contribution < 1.29 is 14.3 Å². The fourth-order valence-electron chi connectivity index (χ4n) is 3.03. The molecule has 7 heteroatoms. The second-order valence-corrected chi connectivity index (χ2v) is 6.52. The van der Waals surface area contributed by atoms with E-state index >= 15 is 0 Å². The van der Waals surface area contributed by atoms with Gasteiger partial charge in [-0.2, -0.15) is 5.10 Å². The molecule has 7 nitrogen and oxygen atoms in total. The average molecular weight is 356 g/mol. The quantitative estimate of drug-likeness (QED) is 0.823. The van der Waals surface area contributed by atoms with E-state index in [4.69, 9.17) is 4.74 Å². The van der Waals surface area contributed by atoms with Gasteiger partial charge >= 0.3 is 0 Å². The lowest BCUT2D eigenvalue weighted by Gasteiger charge is -2.11. The fourth-order valence-corrected chi connectivity index (χ4v) is 3.03. The second-order valence-electron chi connectivity index (χ2n) is 6.52. The summed E-state index contributed by atoms with van der Waals surface area (Å²) >= 11 is 0. The Morgan fingerprint density at radius 3 is 2.81 bits per heavy atom. The third kappa shape index (κ3) is 4.49. The number of nitrogens with one attached hydrogen (secondary N) is 2. The molecule has 0 spiro atoms. The number of aryl methyl sites for hydroxylation is 2. The topological polar surface area (TPSA) is 85.3 Å². The smallest absolute Gasteiger partial charge is 0.269 e. The first-order valence-electron chi connectivity index (χ1n) is 8.80. The Kier molecular flexibility index (Phi) is 5.68. The van der Waals surface area contributed by atoms with Crippen LogP contribution < -0.4 is 10.6 Å². The first-order chi connectivity index (χ1) is 12.5. The highest BCUT2D eigenvalue weighted by molar-refractivity contribution is 5.94. The minimum absolute atomic E-state index is 0.115. The summed E-state index contributed by atoms with van der Waals surface area (Å²) in [6.07, 6.45) is 2.15. The molecule has 1 atom stereocenters. The Morgan fingerprint density at radius 1 is 1.27 bits per heavy atom. The van der Waals surface area contributed by atoms with E-state index in [0.29, 0.717) is 24.3 Å². The van der Waals surface area contributed by atoms with Crippen molar-refractivity contribution in [1.29, 1.82) is 0 Å². The van der Waals surface area contributed by atoms with Gasteiger partial charge in [-0.15, -0.1) is 0 Å². The van der Waals surface area contributed by atoms with Gasteiger partial charge < -0.3 is 15.4 Å². The fraction of sp³-hybridized carbons (Fsp3) is 0.421. The molecule has 2 N–H and O–H groups in total. The van der Waals surface area contributed by atoms with Crippen molar-refractivity contribution in [2.45, 2.75) is 32.4 Å². The Labute approximate surface area is 152 Å². The van der Waals surface area contributed by atoms with E-state index in [1.165, 1.54) is 0 Å². The number of aromatic nitrogens is 2. The molecule has 0 unspecified atom stereocenters. The molecule has 1 aromatic carbocycles. The van der Waals surface area contributed by atoms with Crippen LogP contribution in [0.5, 0.6) is 0 Å². The molecular weight excluding hydrogens is 332 g/mol. The molecule has 2 aromatic rings. The summed E-state index contributed by atoms with van der Waals surface area (Å²) < 4.78 is 7.07. The lowest BCUT2D eigenvalue weighted by molar-refractivity contribution is 0.0857. The van der Waals surface area contributed by atoms with Crippen molar-refractivity contribution in [1.82, 2.24) is 20.4 Å². The zero-order valence-electron chi connectivity index (χ0n) is 15.1. The number of hydrogen-bond donors (Lipinski definition) is 2. The molecule has 1 aliphatic heterocycles. The molecule has 0 bridgehead atoms. The van der Waals surface area contributed by atoms with E-state index in [1.807, 2.05) is 19.1 Å². The normalized spacial score (nSPS) is 16.5. The van der Waals surface area contributed by atoms with E-state index in [0.717, 1.165) is 30.7 Å². The van der Waals surface area contributed by atoms with Gasteiger partial charge in [-0.3, -0.25) is 14.3 Å². The van der Waals surface area contributed by atoms with Crippen molar-refractivity contribution in [2.24, 2.45) is 7.05 Å². The molecule has 3 rings (SSSR count). The van der Waals surface area contributed by atoms with Crippen molar-refractivity contribution in [2.75, 3.05) is 13.2 Å². The lowest BCUT2D eigenvalue weighted by Crippen LogP contribution is -2.31. The summed E-state index contributed by atoms with van der Waals surface area (Å²) in [6, 6.07) is 8.99. The number of ether oxygens (including phenoxy) is 1. The number of hydrogen-bond acceptors (Lipinski definition) is 4. The van der Waals surface area contributed by atoms with Crippen LogP contribution in [0.15, 0.2) is 30.3 Å². The predicted molar refractivity (Wildman–Crippen MR) is 96.9 cm³/mol. The zero-order chi connectivity index (χ0) is 18.5. The highest BCUT2D eigenvalue weighted by Crippen LogP contribution is 2.11. The van der Waals surface area contributed by atoms with E-state index in [9.17, 15) is 9.59 Å². The maximum Gasteiger partial charge on any atom is 0.269 e. The third-order valence-corrected chi connectivity index (χ3v) is 4.39. The molecule has 1 saturated heterocycles. The minimum atomic E-state index is -0.193. The van der Waals surface area contributed by atoms with Gasteiger partial charge in [-0.1, -0.05) is 12.1 Å². The van der Waals surface area contributed by atoms with Gasteiger partial charge in [0.15, 0.2) is 0 Å². The van der Waals surface area contributed by atoms with Crippen molar-refractivity contribution in [3.63, 3.8) is 0 Å². The van der Waals surface area contributed by atoms with Crippen molar-refractivity contribution >= 4 is 11.8 Å². The maximum absolute atomic E-state index is 12.3. The van der Waals surface area contributed by atoms with E-state index < -0.39 is 0 Å². The standard InChI is InChI=1S/C19H24N4O3/c1-13-9-17(23(2)22-13)19(25)20-11-14-5-3-6-15(10-14)18(24)21-12-16-7-4-8-26-16/h3,5-6,9-10,16H,4,7-8,11-12H2,1-2H3,(H,20,25)(H,21,24)/t16-/m1/s1. The highest BCUT2D eigenvalue weighted by atomic mass is 16.5. The monoisotopic (exact) mass is 356 g/mol. The van der Waals surface area contributed by atoms with Gasteiger partial charge in [0.05, 0.1) is 11.8 Å². The highest BCUT2D eigenvalue weighted by Gasteiger charge is 2.17. The van der Waals surface area contributed by atoms with Crippen molar-refractivity contribution in [3.05, 3.63) is 52.8 Å². The number of carbonyl (C=O) groups is 2. The van der Waals surface area contributed by atoms with Crippen LogP contribution in [-0.2, 0) is 18.3 Å². The minimum Gasteiger partial charge on any atom is -0.376 e. The number of nitrogens with zero attached hydrogens (tertiary/aromatic N) is 2. The van der Waals surface area contributed by atoms with Gasteiger partial charge in [0.2, 0.25) is 0 Å². The molecule has 1 fully saturated rings. The van der Waals surface area contributed by atoms with Crippen LogP contribution in [-0.4, -0.2) is 40.9 Å². The Morgan fingerprint density at radius 2 is 2.12 bits per heavy atom. The third-order valence-electron chi connectivity index (χ3n) is 4.39. The van der Waals surface area contributed by atoms with E-state index in [1.54, 1.807) is 29.9 Å². The van der Waals surface area contributed by atoms with Gasteiger partial charge in [0, 0.05) is 32.3 Å². The maximum atomic E-state index is 12.3. The van der Waals surface area contributed by atoms with Gasteiger partial charge in [0.25, 0.3) is 11.8 Å². The summed E-state index contributed by atoms with van der Waals surface area (Å²) in [4.78, 5) is 24.6. The molecule has 1 aromatic heterocycles. The predicted octanol–water partition coefficient (Wildman–Crippen LogP) is 1.57. The van der Waals surface area contributed by atoms with Crippen LogP contribution in [0.25, 0.3) is 0 Å². The van der Waals surface area contributed by atoms with Crippen LogP contribution in [0.1, 0.15) is 44.9 Å². The van der Waals surface area contributed by atoms with Crippen LogP contribution in [0, 0.1) is 6.92 Å². The first kappa shape index (κ1) is 18.1. The Balaban J connectivity index is 1.55. The Bertz CT molecular complexity index is 794. The van der Waals surface area contributed by atoms with E-state index in [-0.39, 0.29) is 17.9 Å². The van der Waals surface area contributed by atoms with E-state index in [2.05, 4.69) is 15.7 Å². The largest absolute Gasteiger partial charge is 0.376 e. The first-order valence-corrected chi connectivity index (χ1v) is 8.80. The number of benzene rings is 1. The molecule has 2 amide bonds. The van der Waals surface area contributed by atoms with Crippen molar-refractivity contribution in [3.8, 4) is 0 Å². The Hall–Kier alpha value is -2.67. The van der Waals surface area contributed by atoms with Crippen LogP contribution in [0.2, 0.25) is 0 Å². The lowest BCUT2D eigenvalue weighted by atomic mass is 10.1. The second kappa shape index (κ2) is 8.14. The van der Waals surface area contributed by atoms with Gasteiger partial charge in [0.1, 0.15) is 5.69 Å². The van der Waals surface area contributed by atoms with Gasteiger partial charge in [-0.05, 0) is 43.5 Å². The molecule has 0 saturated carbocycles. The molecule has 138 valence electrons. The van der Waals surface area contributed by atoms with Crippen LogP contribution in [0.3, 0.4) is 0 Å². The number of carbonyl (C=O) groups excluding carboxylic acids is 2. The summed E-state index contributed by atoms with van der Waals surface area (Å²) in [7, 11) is 1.74.